The van der Waals surface area contributed by atoms with Gasteiger partial charge in [0.2, 0.25) is 17.6 Å². The van der Waals surface area contributed by atoms with Crippen molar-refractivity contribution in [2.45, 2.75) is 119 Å². The number of urea groups is 1. The summed E-state index contributed by atoms with van der Waals surface area (Å²) < 4.78 is 0. The lowest BCUT2D eigenvalue weighted by molar-refractivity contribution is -0.144. The first-order valence-electron chi connectivity index (χ1n) is 17.9. The molecule has 0 aromatic carbocycles. The summed E-state index contributed by atoms with van der Waals surface area (Å²) in [5.41, 5.74) is 0.702. The molecular formula is C38H58N6O6. The maximum atomic E-state index is 14.4. The second-order valence-corrected chi connectivity index (χ2v) is 16.2. The Labute approximate surface area is 298 Å². The van der Waals surface area contributed by atoms with E-state index in [-0.39, 0.29) is 43.7 Å². The number of nitrogens with one attached hydrogen (secondary N) is 4. The lowest BCUT2D eigenvalue weighted by Gasteiger charge is -2.38. The SMILES string of the molecule is C#CCCC(NC(=O)[C@@H]1[C@@H](C(C)C)CCN1C(=O)[C@@H](NC(=O)N[C@H](CN1CC2=C(CCC=C2)C1=O)C(C)(C)C)C(C)(C)C)C(=O)C(=O)NCC. The monoisotopic (exact) mass is 694 g/mol. The van der Waals surface area contributed by atoms with Crippen molar-refractivity contribution in [1.82, 2.24) is 31.1 Å². The van der Waals surface area contributed by atoms with Crippen LogP contribution in [0.1, 0.15) is 94.4 Å². The number of carbonyl (C=O) groups is 6. The van der Waals surface area contributed by atoms with Gasteiger partial charge in [-0.2, -0.15) is 0 Å². The van der Waals surface area contributed by atoms with Crippen molar-refractivity contribution in [3.63, 3.8) is 0 Å². The molecule has 6 amide bonds. The zero-order valence-corrected chi connectivity index (χ0v) is 31.4. The Kier molecular flexibility index (Phi) is 13.5. The molecule has 0 aromatic heterocycles. The summed E-state index contributed by atoms with van der Waals surface area (Å²) in [6.45, 7) is 18.5. The van der Waals surface area contributed by atoms with Gasteiger partial charge in [-0.05, 0) is 60.8 Å². The summed E-state index contributed by atoms with van der Waals surface area (Å²) in [7, 11) is 0. The molecule has 0 spiro atoms. The molecule has 12 nitrogen and oxygen atoms in total. The minimum Gasteiger partial charge on any atom is -0.350 e. The zero-order valence-electron chi connectivity index (χ0n) is 31.4. The molecule has 1 aliphatic carbocycles. The molecule has 1 unspecified atom stereocenters. The molecule has 1 saturated heterocycles. The number of Topliss-reactive ketones (excluding diaryl/α,β-unsaturated/α-hetero) is 1. The molecular weight excluding hydrogens is 636 g/mol. The Morgan fingerprint density at radius 2 is 1.70 bits per heavy atom. The van der Waals surface area contributed by atoms with Crippen molar-refractivity contribution >= 4 is 35.4 Å². The van der Waals surface area contributed by atoms with Crippen molar-refractivity contribution in [2.24, 2.45) is 22.7 Å². The van der Waals surface area contributed by atoms with Crippen LogP contribution in [0.5, 0.6) is 0 Å². The maximum Gasteiger partial charge on any atom is 0.315 e. The predicted octanol–water partition coefficient (Wildman–Crippen LogP) is 3.08. The second-order valence-electron chi connectivity index (χ2n) is 16.2. The van der Waals surface area contributed by atoms with Gasteiger partial charge < -0.3 is 31.1 Å². The van der Waals surface area contributed by atoms with E-state index in [0.717, 1.165) is 17.6 Å². The number of hydrogen-bond donors (Lipinski definition) is 4. The molecule has 0 radical (unpaired) electrons. The highest BCUT2D eigenvalue weighted by Crippen LogP contribution is 2.34. The normalized spacial score (nSPS) is 20.9. The van der Waals surface area contributed by atoms with E-state index in [4.69, 9.17) is 6.42 Å². The number of terminal acetylenes is 1. The molecule has 0 saturated carbocycles. The van der Waals surface area contributed by atoms with Crippen LogP contribution in [0.4, 0.5) is 4.79 Å². The van der Waals surface area contributed by atoms with E-state index in [1.54, 1.807) is 11.8 Å². The molecule has 2 aliphatic heterocycles. The van der Waals surface area contributed by atoms with Crippen LogP contribution in [-0.2, 0) is 24.0 Å². The number of rotatable bonds is 13. The molecule has 276 valence electrons. The summed E-state index contributed by atoms with van der Waals surface area (Å²) in [5, 5.41) is 11.2. The molecule has 2 heterocycles. The van der Waals surface area contributed by atoms with Crippen molar-refractivity contribution in [1.29, 1.82) is 0 Å². The summed E-state index contributed by atoms with van der Waals surface area (Å²) in [5.74, 6) is -0.319. The molecule has 1 fully saturated rings. The fourth-order valence-corrected chi connectivity index (χ4v) is 6.88. The Morgan fingerprint density at radius 3 is 2.26 bits per heavy atom. The topological polar surface area (TPSA) is 157 Å². The van der Waals surface area contributed by atoms with Gasteiger partial charge in [0.05, 0.1) is 12.1 Å². The van der Waals surface area contributed by atoms with E-state index in [1.807, 2.05) is 61.5 Å². The lowest BCUT2D eigenvalue weighted by Crippen LogP contribution is -2.62. The number of amides is 6. The summed E-state index contributed by atoms with van der Waals surface area (Å²) in [4.78, 5) is 84.0. The van der Waals surface area contributed by atoms with E-state index in [0.29, 0.717) is 25.9 Å². The van der Waals surface area contributed by atoms with Crippen molar-refractivity contribution in [2.75, 3.05) is 26.2 Å². The summed E-state index contributed by atoms with van der Waals surface area (Å²) in [6.07, 6.45) is 11.9. The van der Waals surface area contributed by atoms with Crippen LogP contribution in [0.3, 0.4) is 0 Å². The van der Waals surface area contributed by atoms with Crippen LogP contribution >= 0.6 is 0 Å². The van der Waals surface area contributed by atoms with Crippen molar-refractivity contribution in [3.8, 4) is 12.3 Å². The third-order valence-corrected chi connectivity index (χ3v) is 9.94. The summed E-state index contributed by atoms with van der Waals surface area (Å²) >= 11 is 0. The second kappa shape index (κ2) is 16.7. The Bertz CT molecular complexity index is 1430. The average Bonchev–Trinajstić information content (AvgIpc) is 3.62. The molecule has 5 atom stereocenters. The quantitative estimate of drug-likeness (QED) is 0.172. The average molecular weight is 695 g/mol. The van der Waals surface area contributed by atoms with Gasteiger partial charge in [0.25, 0.3) is 11.8 Å². The third-order valence-electron chi connectivity index (χ3n) is 9.94. The van der Waals surface area contributed by atoms with Gasteiger partial charge in [0.15, 0.2) is 0 Å². The number of allylic oxidation sites excluding steroid dienone is 1. The largest absolute Gasteiger partial charge is 0.350 e. The van der Waals surface area contributed by atoms with Crippen molar-refractivity contribution in [3.05, 3.63) is 23.3 Å². The fraction of sp³-hybridized carbons (Fsp3) is 0.684. The minimum atomic E-state index is -1.15. The van der Waals surface area contributed by atoms with Crippen LogP contribution < -0.4 is 21.3 Å². The van der Waals surface area contributed by atoms with Crippen LogP contribution in [0.15, 0.2) is 23.3 Å². The van der Waals surface area contributed by atoms with Gasteiger partial charge in [-0.25, -0.2) is 4.79 Å². The summed E-state index contributed by atoms with van der Waals surface area (Å²) in [6, 6.07) is -4.06. The van der Waals surface area contributed by atoms with Gasteiger partial charge in [0.1, 0.15) is 12.1 Å². The highest BCUT2D eigenvalue weighted by atomic mass is 16.2. The third kappa shape index (κ3) is 9.76. The zero-order chi connectivity index (χ0) is 37.6. The van der Waals surface area contributed by atoms with Crippen LogP contribution in [0, 0.1) is 35.0 Å². The Balaban J connectivity index is 1.82. The first-order valence-corrected chi connectivity index (χ1v) is 17.9. The molecule has 0 aromatic rings. The first-order chi connectivity index (χ1) is 23.3. The van der Waals surface area contributed by atoms with Gasteiger partial charge in [0, 0.05) is 38.2 Å². The number of likely N-dealkylation sites (tertiary alicyclic amines) is 1. The molecule has 4 N–H and O–H groups in total. The first kappa shape index (κ1) is 40.3. The molecule has 50 heavy (non-hydrogen) atoms. The van der Waals surface area contributed by atoms with E-state index in [2.05, 4.69) is 33.3 Å². The standard InChI is InChI=1S/C38H58N6O6/c1-11-13-18-27(30(45)33(47)39-12-2)40-32(46)29-25(23(3)4)19-20-44(29)35(49)31(38(8,9)10)42-36(50)41-28(37(5,6)7)22-43-21-24-16-14-15-17-26(24)34(43)48/h1,14,16,23,25,27-29,31H,12-13,15,17-22H2,2-10H3,(H,39,47)(H,40,46)(H2,41,42,50)/t25-,27?,28-,29+,31-/m1/s1. The van der Waals surface area contributed by atoms with Gasteiger partial charge in [-0.15, -0.1) is 12.3 Å². The van der Waals surface area contributed by atoms with E-state index in [1.165, 1.54) is 4.90 Å². The molecule has 12 heteroatoms. The smallest absolute Gasteiger partial charge is 0.315 e. The van der Waals surface area contributed by atoms with E-state index < -0.39 is 64.5 Å². The maximum absolute atomic E-state index is 14.4. The van der Waals surface area contributed by atoms with Crippen LogP contribution in [0.2, 0.25) is 0 Å². The number of ketones is 1. The van der Waals surface area contributed by atoms with E-state index in [9.17, 15) is 28.8 Å². The number of nitrogens with zero attached hydrogens (tertiary/aromatic N) is 2. The molecule has 0 bridgehead atoms. The van der Waals surface area contributed by atoms with E-state index >= 15 is 0 Å². The van der Waals surface area contributed by atoms with Crippen LogP contribution in [0.25, 0.3) is 0 Å². The lowest BCUT2D eigenvalue weighted by atomic mass is 9.84. The minimum absolute atomic E-state index is 0.00386. The van der Waals surface area contributed by atoms with Gasteiger partial charge >= 0.3 is 6.03 Å². The highest BCUT2D eigenvalue weighted by Gasteiger charge is 2.48. The fourth-order valence-electron chi connectivity index (χ4n) is 6.88. The Hall–Kier alpha value is -4.14. The number of likely N-dealkylation sites (N-methyl/N-ethyl adjacent to an activating group) is 1. The van der Waals surface area contributed by atoms with Crippen LogP contribution in [-0.4, -0.2) is 95.6 Å². The molecule has 3 aliphatic rings. The Morgan fingerprint density at radius 1 is 1.02 bits per heavy atom. The van der Waals surface area contributed by atoms with Gasteiger partial charge in [-0.3, -0.25) is 24.0 Å². The number of carbonyl (C=O) groups excluding carboxylic acids is 6. The molecule has 3 rings (SSSR count). The van der Waals surface area contributed by atoms with Gasteiger partial charge in [-0.1, -0.05) is 67.5 Å². The highest BCUT2D eigenvalue weighted by molar-refractivity contribution is 6.38. The van der Waals surface area contributed by atoms with Crippen molar-refractivity contribution < 1.29 is 28.8 Å². The predicted molar refractivity (Wildman–Crippen MR) is 192 cm³/mol. The number of hydrogen-bond acceptors (Lipinski definition) is 6.